The maximum atomic E-state index is 2.47. The SMILES string of the molecule is CCC(C)C(C)(CC)[N+](C)(CC)CC.[OH-]. The van der Waals surface area contributed by atoms with Crippen LogP contribution in [0.25, 0.3) is 0 Å². The van der Waals surface area contributed by atoms with E-state index in [0.717, 1.165) is 5.92 Å². The predicted octanol–water partition coefficient (Wildman–Crippen LogP) is 3.51. The second kappa shape index (κ2) is 6.49. The molecule has 94 valence electrons. The van der Waals surface area contributed by atoms with Crippen LogP contribution in [0.1, 0.15) is 54.4 Å². The molecule has 0 radical (unpaired) electrons. The Morgan fingerprint density at radius 3 is 1.67 bits per heavy atom. The van der Waals surface area contributed by atoms with E-state index in [1.165, 1.54) is 30.4 Å². The van der Waals surface area contributed by atoms with Gasteiger partial charge in [-0.15, -0.1) is 0 Å². The van der Waals surface area contributed by atoms with Gasteiger partial charge in [0, 0.05) is 5.92 Å². The highest BCUT2D eigenvalue weighted by molar-refractivity contribution is 4.80. The van der Waals surface area contributed by atoms with Crippen molar-refractivity contribution in [2.75, 3.05) is 20.1 Å². The van der Waals surface area contributed by atoms with Gasteiger partial charge in [-0.25, -0.2) is 0 Å². The molecule has 0 aromatic heterocycles. The molecule has 0 fully saturated rings. The Morgan fingerprint density at radius 2 is 1.47 bits per heavy atom. The summed E-state index contributed by atoms with van der Waals surface area (Å²) in [4.78, 5) is 0. The molecular weight excluding hydrogens is 186 g/mol. The number of quaternary nitrogens is 1. The van der Waals surface area contributed by atoms with Gasteiger partial charge in [-0.1, -0.05) is 20.8 Å². The van der Waals surface area contributed by atoms with Crippen molar-refractivity contribution in [3.8, 4) is 0 Å². The summed E-state index contributed by atoms with van der Waals surface area (Å²) in [7, 11) is 2.41. The van der Waals surface area contributed by atoms with Gasteiger partial charge in [0.15, 0.2) is 0 Å². The first kappa shape index (κ1) is 17.3. The van der Waals surface area contributed by atoms with Crippen molar-refractivity contribution in [1.82, 2.24) is 0 Å². The third-order valence-corrected chi connectivity index (χ3v) is 5.02. The van der Waals surface area contributed by atoms with E-state index in [-0.39, 0.29) is 5.48 Å². The van der Waals surface area contributed by atoms with Gasteiger partial charge in [0.05, 0.1) is 25.7 Å². The van der Waals surface area contributed by atoms with Gasteiger partial charge in [0.1, 0.15) is 0 Å². The highest BCUT2D eigenvalue weighted by atomic mass is 16.0. The molecule has 0 saturated carbocycles. The molecule has 2 atom stereocenters. The lowest BCUT2D eigenvalue weighted by Gasteiger charge is -2.51. The van der Waals surface area contributed by atoms with Crippen molar-refractivity contribution < 1.29 is 9.96 Å². The minimum absolute atomic E-state index is 0. The maximum Gasteiger partial charge on any atom is 0.0984 e. The fourth-order valence-corrected chi connectivity index (χ4v) is 2.65. The fourth-order valence-electron chi connectivity index (χ4n) is 2.65. The molecule has 0 spiro atoms. The van der Waals surface area contributed by atoms with Crippen LogP contribution in [0.2, 0.25) is 0 Å². The van der Waals surface area contributed by atoms with Crippen LogP contribution < -0.4 is 0 Å². The molecule has 2 heteroatoms. The molecule has 0 heterocycles. The lowest BCUT2D eigenvalue weighted by atomic mass is 9.79. The number of nitrogens with zero attached hydrogens (tertiary/aromatic N) is 1. The molecule has 2 nitrogen and oxygen atoms in total. The third kappa shape index (κ3) is 2.94. The van der Waals surface area contributed by atoms with E-state index in [4.69, 9.17) is 0 Å². The van der Waals surface area contributed by atoms with Gasteiger partial charge in [0.25, 0.3) is 0 Å². The second-order valence-corrected chi connectivity index (χ2v) is 5.05. The van der Waals surface area contributed by atoms with Crippen LogP contribution in [0.15, 0.2) is 0 Å². The summed E-state index contributed by atoms with van der Waals surface area (Å²) in [6.45, 7) is 16.7. The first-order valence-electron chi connectivity index (χ1n) is 6.26. The van der Waals surface area contributed by atoms with Crippen molar-refractivity contribution in [2.45, 2.75) is 59.9 Å². The lowest BCUT2D eigenvalue weighted by Crippen LogP contribution is -2.63. The first-order chi connectivity index (χ1) is 6.41. The molecule has 0 saturated heterocycles. The molecular formula is C13H31NO. The van der Waals surface area contributed by atoms with E-state index in [1.807, 2.05) is 0 Å². The maximum absolute atomic E-state index is 2.47. The summed E-state index contributed by atoms with van der Waals surface area (Å²) < 4.78 is 1.21. The van der Waals surface area contributed by atoms with Crippen LogP contribution in [-0.4, -0.2) is 35.6 Å². The summed E-state index contributed by atoms with van der Waals surface area (Å²) >= 11 is 0. The van der Waals surface area contributed by atoms with E-state index in [2.05, 4.69) is 48.6 Å². The normalized spacial score (nSPS) is 17.8. The summed E-state index contributed by atoms with van der Waals surface area (Å²) in [5.74, 6) is 0.803. The van der Waals surface area contributed by atoms with E-state index < -0.39 is 0 Å². The van der Waals surface area contributed by atoms with Crippen LogP contribution in [0, 0.1) is 5.92 Å². The molecule has 15 heavy (non-hydrogen) atoms. The Balaban J connectivity index is 0. The zero-order valence-corrected chi connectivity index (χ0v) is 11.8. The van der Waals surface area contributed by atoms with Gasteiger partial charge < -0.3 is 9.96 Å². The summed E-state index contributed by atoms with van der Waals surface area (Å²) in [6.07, 6.45) is 2.57. The molecule has 0 aliphatic rings. The van der Waals surface area contributed by atoms with Gasteiger partial charge in [0.2, 0.25) is 0 Å². The number of rotatable bonds is 6. The topological polar surface area (TPSA) is 30.0 Å². The summed E-state index contributed by atoms with van der Waals surface area (Å²) in [5, 5.41) is 0. The Morgan fingerprint density at radius 1 is 1.07 bits per heavy atom. The van der Waals surface area contributed by atoms with Gasteiger partial charge in [-0.05, 0) is 33.6 Å². The minimum atomic E-state index is 0. The minimum Gasteiger partial charge on any atom is -0.870 e. The monoisotopic (exact) mass is 217 g/mol. The highest BCUT2D eigenvalue weighted by Crippen LogP contribution is 2.35. The molecule has 0 aliphatic carbocycles. The molecule has 0 aliphatic heterocycles. The summed E-state index contributed by atoms with van der Waals surface area (Å²) in [6, 6.07) is 0. The molecule has 0 bridgehead atoms. The van der Waals surface area contributed by atoms with E-state index in [9.17, 15) is 0 Å². The molecule has 0 rings (SSSR count). The molecule has 0 amide bonds. The Kier molecular flexibility index (Phi) is 7.49. The zero-order chi connectivity index (χ0) is 11.4. The van der Waals surface area contributed by atoms with Crippen LogP contribution >= 0.6 is 0 Å². The fraction of sp³-hybridized carbons (Fsp3) is 1.00. The Bertz CT molecular complexity index is 166. The number of hydrogen-bond donors (Lipinski definition) is 0. The Labute approximate surface area is 96.6 Å². The number of hydrogen-bond acceptors (Lipinski definition) is 1. The van der Waals surface area contributed by atoms with Crippen molar-refractivity contribution in [3.05, 3.63) is 0 Å². The van der Waals surface area contributed by atoms with Crippen LogP contribution in [0.3, 0.4) is 0 Å². The highest BCUT2D eigenvalue weighted by Gasteiger charge is 2.43. The van der Waals surface area contributed by atoms with Crippen molar-refractivity contribution >= 4 is 0 Å². The smallest absolute Gasteiger partial charge is 0.0984 e. The van der Waals surface area contributed by atoms with E-state index in [1.54, 1.807) is 0 Å². The average Bonchev–Trinajstić information content (AvgIpc) is 2.25. The Hall–Kier alpha value is -0.0800. The van der Waals surface area contributed by atoms with Crippen LogP contribution in [-0.2, 0) is 0 Å². The van der Waals surface area contributed by atoms with Crippen molar-refractivity contribution in [2.24, 2.45) is 5.92 Å². The summed E-state index contributed by atoms with van der Waals surface area (Å²) in [5.41, 5.74) is 0.443. The molecule has 0 aromatic carbocycles. The van der Waals surface area contributed by atoms with E-state index in [0.29, 0.717) is 5.54 Å². The van der Waals surface area contributed by atoms with Gasteiger partial charge in [-0.3, -0.25) is 0 Å². The molecule has 1 N–H and O–H groups in total. The zero-order valence-electron chi connectivity index (χ0n) is 11.8. The van der Waals surface area contributed by atoms with Crippen LogP contribution in [0.4, 0.5) is 0 Å². The predicted molar refractivity (Wildman–Crippen MR) is 67.4 cm³/mol. The second-order valence-electron chi connectivity index (χ2n) is 5.05. The van der Waals surface area contributed by atoms with Gasteiger partial charge in [-0.2, -0.15) is 0 Å². The van der Waals surface area contributed by atoms with Crippen molar-refractivity contribution in [3.63, 3.8) is 0 Å². The first-order valence-corrected chi connectivity index (χ1v) is 6.26. The molecule has 2 unspecified atom stereocenters. The average molecular weight is 217 g/mol. The largest absolute Gasteiger partial charge is 0.870 e. The third-order valence-electron chi connectivity index (χ3n) is 5.02. The molecule has 0 aromatic rings. The lowest BCUT2D eigenvalue weighted by molar-refractivity contribution is -0.959. The standard InChI is InChI=1S/C13H30N.H2O/c1-8-12(5)13(6,9-2)14(7,10-3)11-4;/h12H,8-11H2,1-7H3;1H2/q+1;/p-1. The van der Waals surface area contributed by atoms with Crippen LogP contribution in [0.5, 0.6) is 0 Å². The van der Waals surface area contributed by atoms with Crippen molar-refractivity contribution in [1.29, 1.82) is 0 Å². The van der Waals surface area contributed by atoms with E-state index >= 15 is 0 Å². The quantitative estimate of drug-likeness (QED) is 0.626. The van der Waals surface area contributed by atoms with Gasteiger partial charge >= 0.3 is 0 Å².